The van der Waals surface area contributed by atoms with Crippen LogP contribution in [0.2, 0.25) is 0 Å². The van der Waals surface area contributed by atoms with Gasteiger partial charge in [0.2, 0.25) is 5.95 Å². The molecule has 0 spiro atoms. The number of phenols is 1. The predicted octanol–water partition coefficient (Wildman–Crippen LogP) is 4.18. The summed E-state index contributed by atoms with van der Waals surface area (Å²) in [5, 5.41) is 25.1. The number of nitrogens with one attached hydrogen (secondary N) is 1. The van der Waals surface area contributed by atoms with Gasteiger partial charge in [-0.05, 0) is 18.4 Å². The van der Waals surface area contributed by atoms with Crippen LogP contribution in [0.15, 0.2) is 71.8 Å². The zero-order valence-corrected chi connectivity index (χ0v) is 15.1. The number of hydrazone groups is 1. The lowest BCUT2D eigenvalue weighted by Crippen LogP contribution is -2.04. The number of fused-ring (bicyclic) bond motifs is 1. The molecule has 0 atom stereocenters. The van der Waals surface area contributed by atoms with E-state index in [1.165, 1.54) is 0 Å². The van der Waals surface area contributed by atoms with Gasteiger partial charge < -0.3 is 5.11 Å². The largest absolute Gasteiger partial charge is 0.507 e. The quantitative estimate of drug-likeness (QED) is 0.424. The van der Waals surface area contributed by atoms with Gasteiger partial charge in [0.25, 0.3) is 0 Å². The normalized spacial score (nSPS) is 11.7. The van der Waals surface area contributed by atoms with Gasteiger partial charge in [-0.1, -0.05) is 60.7 Å². The average molecular weight is 357 g/mol. The Kier molecular flexibility index (Phi) is 4.30. The molecule has 27 heavy (non-hydrogen) atoms. The number of nitrogens with zero attached hydrogens (tertiary/aromatic N) is 4. The Morgan fingerprint density at radius 2 is 1.70 bits per heavy atom. The molecule has 0 saturated heterocycles. The first-order valence-corrected chi connectivity index (χ1v) is 8.61. The molecule has 134 valence electrons. The summed E-state index contributed by atoms with van der Waals surface area (Å²) in [4.78, 5) is 0. The Morgan fingerprint density at radius 1 is 0.963 bits per heavy atom. The van der Waals surface area contributed by atoms with Crippen molar-refractivity contribution in [2.24, 2.45) is 12.1 Å². The molecular formula is C21H19N5O. The summed E-state index contributed by atoms with van der Waals surface area (Å²) in [6, 6.07) is 21.4. The fraction of sp³-hybridized carbons (Fsp3) is 0.0952. The van der Waals surface area contributed by atoms with Crippen LogP contribution in [0.5, 0.6) is 5.75 Å². The first kappa shape index (κ1) is 16.8. The molecule has 0 aliphatic heterocycles. The summed E-state index contributed by atoms with van der Waals surface area (Å²) in [6.45, 7) is 1.84. The zero-order valence-electron chi connectivity index (χ0n) is 15.1. The number of hydrogen-bond donors (Lipinski definition) is 2. The second-order valence-corrected chi connectivity index (χ2v) is 6.26. The summed E-state index contributed by atoms with van der Waals surface area (Å²) in [5.41, 5.74) is 5.25. The Balaban J connectivity index is 1.62. The Bertz CT molecular complexity index is 1130. The van der Waals surface area contributed by atoms with Crippen LogP contribution < -0.4 is 5.43 Å². The van der Waals surface area contributed by atoms with E-state index in [0.717, 1.165) is 22.2 Å². The van der Waals surface area contributed by atoms with Gasteiger partial charge in [0.1, 0.15) is 5.75 Å². The molecule has 4 aromatic rings. The molecule has 4 rings (SSSR count). The van der Waals surface area contributed by atoms with Crippen LogP contribution in [0.3, 0.4) is 0 Å². The van der Waals surface area contributed by atoms with E-state index in [1.807, 2.05) is 85.3 Å². The molecule has 1 aromatic heterocycles. The van der Waals surface area contributed by atoms with E-state index < -0.39 is 0 Å². The molecule has 0 bridgehead atoms. The van der Waals surface area contributed by atoms with Gasteiger partial charge in [-0.3, -0.25) is 4.57 Å². The van der Waals surface area contributed by atoms with E-state index >= 15 is 0 Å². The second-order valence-electron chi connectivity index (χ2n) is 6.26. The molecule has 0 amide bonds. The molecule has 0 unspecified atom stereocenters. The first-order valence-electron chi connectivity index (χ1n) is 8.61. The smallest absolute Gasteiger partial charge is 0.245 e. The summed E-state index contributed by atoms with van der Waals surface area (Å²) >= 11 is 0. The third-order valence-corrected chi connectivity index (χ3v) is 4.52. The maximum Gasteiger partial charge on any atom is 0.245 e. The molecular weight excluding hydrogens is 338 g/mol. The molecule has 0 fully saturated rings. The van der Waals surface area contributed by atoms with Gasteiger partial charge in [0.05, 0.1) is 5.71 Å². The van der Waals surface area contributed by atoms with Crippen molar-refractivity contribution in [3.63, 3.8) is 0 Å². The predicted molar refractivity (Wildman–Crippen MR) is 108 cm³/mol. The fourth-order valence-electron chi connectivity index (χ4n) is 3.01. The Morgan fingerprint density at radius 3 is 2.52 bits per heavy atom. The molecule has 6 nitrogen and oxygen atoms in total. The molecule has 1 heterocycles. The number of aromatic nitrogens is 3. The van der Waals surface area contributed by atoms with Gasteiger partial charge >= 0.3 is 0 Å². The third kappa shape index (κ3) is 3.13. The fourth-order valence-corrected chi connectivity index (χ4v) is 3.01. The lowest BCUT2D eigenvalue weighted by Gasteiger charge is -2.08. The van der Waals surface area contributed by atoms with E-state index in [9.17, 15) is 5.11 Å². The number of rotatable bonds is 4. The number of hydrogen-bond acceptors (Lipinski definition) is 5. The second kappa shape index (κ2) is 6.92. The highest BCUT2D eigenvalue weighted by molar-refractivity contribution is 6.06. The van der Waals surface area contributed by atoms with E-state index in [0.29, 0.717) is 17.2 Å². The molecule has 3 aromatic carbocycles. The van der Waals surface area contributed by atoms with Crippen LogP contribution in [-0.2, 0) is 7.05 Å². The lowest BCUT2D eigenvalue weighted by molar-refractivity contribution is 0.480. The maximum atomic E-state index is 10.6. The molecule has 0 radical (unpaired) electrons. The van der Waals surface area contributed by atoms with Crippen LogP contribution >= 0.6 is 0 Å². The highest BCUT2D eigenvalue weighted by Crippen LogP contribution is 2.29. The van der Waals surface area contributed by atoms with Gasteiger partial charge in [-0.15, -0.1) is 10.2 Å². The number of anilines is 1. The van der Waals surface area contributed by atoms with Gasteiger partial charge in [0.15, 0.2) is 5.82 Å². The van der Waals surface area contributed by atoms with Crippen molar-refractivity contribution in [1.82, 2.24) is 14.8 Å². The van der Waals surface area contributed by atoms with Crippen LogP contribution in [0, 0.1) is 0 Å². The Hall–Kier alpha value is -3.67. The topological polar surface area (TPSA) is 75.3 Å². The van der Waals surface area contributed by atoms with E-state index in [1.54, 1.807) is 0 Å². The molecule has 6 heteroatoms. The van der Waals surface area contributed by atoms with Crippen molar-refractivity contribution in [2.75, 3.05) is 5.43 Å². The Labute approximate surface area is 156 Å². The minimum absolute atomic E-state index is 0.221. The SMILES string of the molecule is C/C(=N\Nc1nnc(-c2ccccc2)n1C)c1ccc2ccccc2c1O. The minimum Gasteiger partial charge on any atom is -0.507 e. The van der Waals surface area contributed by atoms with Crippen molar-refractivity contribution < 1.29 is 5.11 Å². The summed E-state index contributed by atoms with van der Waals surface area (Å²) < 4.78 is 1.84. The average Bonchev–Trinajstić information content (AvgIpc) is 3.08. The molecule has 0 saturated carbocycles. The van der Waals surface area contributed by atoms with Crippen LogP contribution in [0.4, 0.5) is 5.95 Å². The van der Waals surface area contributed by atoms with E-state index in [-0.39, 0.29) is 5.75 Å². The number of aromatic hydroxyl groups is 1. The number of benzene rings is 3. The number of phenolic OH excluding ortho intramolecular Hbond substituents is 1. The highest BCUT2D eigenvalue weighted by atomic mass is 16.3. The highest BCUT2D eigenvalue weighted by Gasteiger charge is 2.11. The van der Waals surface area contributed by atoms with Crippen LogP contribution in [0.25, 0.3) is 22.2 Å². The lowest BCUT2D eigenvalue weighted by atomic mass is 10.0. The summed E-state index contributed by atoms with van der Waals surface area (Å²) in [5.74, 6) is 1.49. The van der Waals surface area contributed by atoms with Crippen LogP contribution in [0.1, 0.15) is 12.5 Å². The molecule has 2 N–H and O–H groups in total. The van der Waals surface area contributed by atoms with Crippen molar-refractivity contribution in [2.45, 2.75) is 6.92 Å². The van der Waals surface area contributed by atoms with Gasteiger partial charge in [0, 0.05) is 23.6 Å². The zero-order chi connectivity index (χ0) is 18.8. The van der Waals surface area contributed by atoms with Crippen LogP contribution in [-0.4, -0.2) is 25.6 Å². The minimum atomic E-state index is 0.221. The van der Waals surface area contributed by atoms with E-state index in [2.05, 4.69) is 20.7 Å². The van der Waals surface area contributed by atoms with Crippen molar-refractivity contribution in [3.8, 4) is 17.1 Å². The van der Waals surface area contributed by atoms with Gasteiger partial charge in [-0.2, -0.15) is 5.10 Å². The van der Waals surface area contributed by atoms with Crippen molar-refractivity contribution >= 4 is 22.4 Å². The maximum absolute atomic E-state index is 10.6. The summed E-state index contributed by atoms with van der Waals surface area (Å²) in [7, 11) is 1.88. The van der Waals surface area contributed by atoms with Gasteiger partial charge in [-0.25, -0.2) is 5.43 Å². The molecule has 0 aliphatic rings. The summed E-state index contributed by atoms with van der Waals surface area (Å²) in [6.07, 6.45) is 0. The molecule has 0 aliphatic carbocycles. The van der Waals surface area contributed by atoms with Crippen molar-refractivity contribution in [1.29, 1.82) is 0 Å². The standard InChI is InChI=1S/C21H19N5O/c1-14(17-13-12-15-8-6-7-11-18(15)19(17)27)22-24-21-25-23-20(26(21)2)16-9-4-3-5-10-16/h3-13,27H,1-2H3,(H,24,25)/b22-14+. The van der Waals surface area contributed by atoms with E-state index in [4.69, 9.17) is 0 Å². The monoisotopic (exact) mass is 357 g/mol. The van der Waals surface area contributed by atoms with Crippen molar-refractivity contribution in [3.05, 3.63) is 72.3 Å². The third-order valence-electron chi connectivity index (χ3n) is 4.52. The first-order chi connectivity index (χ1) is 13.1.